The van der Waals surface area contributed by atoms with Gasteiger partial charge in [-0.05, 0) is 116 Å². The lowest BCUT2D eigenvalue weighted by Gasteiger charge is -2.72. The molecule has 5 aliphatic rings. The predicted octanol–water partition coefficient (Wildman–Crippen LogP) is 7.99. The fourth-order valence-electron chi connectivity index (χ4n) is 13.6. The molecule has 56 heavy (non-hydrogen) atoms. The summed E-state index contributed by atoms with van der Waals surface area (Å²) in [6, 6.07) is 10.1. The number of carbonyl (C=O) groups excluding carboxylic acids is 3. The van der Waals surface area contributed by atoms with Crippen LogP contribution in [0.3, 0.4) is 0 Å². The number of aliphatic carboxylic acids is 1. The summed E-state index contributed by atoms with van der Waals surface area (Å²) in [5, 5.41) is 25.0. The van der Waals surface area contributed by atoms with Crippen molar-refractivity contribution in [3.8, 4) is 0 Å². The maximum atomic E-state index is 14.2. The molecule has 0 aliphatic heterocycles. The Balaban J connectivity index is 1.29. The number of ether oxygens (including phenoxy) is 1. The van der Waals surface area contributed by atoms with Crippen molar-refractivity contribution < 1.29 is 34.1 Å². The van der Waals surface area contributed by atoms with E-state index in [9.17, 15) is 29.4 Å². The van der Waals surface area contributed by atoms with Crippen LogP contribution in [-0.2, 0) is 30.5 Å². The minimum atomic E-state index is -1.18. The highest BCUT2D eigenvalue weighted by atomic mass is 16.5. The number of allylic oxidation sites excluding steroid dienone is 1. The lowest BCUT2D eigenvalue weighted by atomic mass is 9.33. The number of rotatable bonds is 12. The smallest absolute Gasteiger partial charge is 0.309 e. The quantitative estimate of drug-likeness (QED) is 0.182. The van der Waals surface area contributed by atoms with Gasteiger partial charge in [0.2, 0.25) is 5.91 Å². The van der Waals surface area contributed by atoms with Gasteiger partial charge in [-0.15, -0.1) is 0 Å². The third-order valence-electron chi connectivity index (χ3n) is 16.8. The van der Waals surface area contributed by atoms with Crippen LogP contribution >= 0.6 is 0 Å². The van der Waals surface area contributed by atoms with Crippen LogP contribution in [0.15, 0.2) is 41.5 Å². The van der Waals surface area contributed by atoms with Crippen molar-refractivity contribution in [3.05, 3.63) is 47.0 Å². The third-order valence-corrected chi connectivity index (χ3v) is 16.8. The van der Waals surface area contributed by atoms with E-state index < -0.39 is 28.9 Å². The highest BCUT2D eigenvalue weighted by Crippen LogP contribution is 2.77. The standard InChI is InChI=1S/C47H70N2O7/c1-29(2)39-32(50)24-47(35(51)27-49(28-37(52)48-10)26-30-14-12-11-13-15-30)23-22-45(8)31(40(39)47)16-17-34-44(7)20-19-36(56-38(53)25-42(3,4)41(54)55)43(5,6)33(44)18-21-46(34,45)9/h11-15,29,31,33-36,51H,16-28H2,1-10H3,(H,48,52)(H,54,55)/t31-,33+,34-,35+,36+,44+,45-,46-,47+/m1/s1. The van der Waals surface area contributed by atoms with Crippen LogP contribution in [-0.4, -0.2) is 71.1 Å². The zero-order valence-electron chi connectivity index (χ0n) is 35.9. The van der Waals surface area contributed by atoms with Gasteiger partial charge in [0.05, 0.1) is 24.5 Å². The number of ketones is 1. The van der Waals surface area contributed by atoms with Crippen LogP contribution in [0, 0.1) is 56.2 Å². The molecule has 310 valence electrons. The van der Waals surface area contributed by atoms with E-state index in [0.29, 0.717) is 31.3 Å². The van der Waals surface area contributed by atoms with E-state index in [-0.39, 0.29) is 64.3 Å². The molecule has 1 aromatic carbocycles. The Morgan fingerprint density at radius 2 is 1.61 bits per heavy atom. The predicted molar refractivity (Wildman–Crippen MR) is 217 cm³/mol. The number of esters is 1. The van der Waals surface area contributed by atoms with Crippen molar-refractivity contribution in [1.82, 2.24) is 10.2 Å². The summed E-state index contributed by atoms with van der Waals surface area (Å²) in [6.07, 6.45) is 6.59. The van der Waals surface area contributed by atoms with E-state index in [0.717, 1.165) is 62.5 Å². The first-order chi connectivity index (χ1) is 26.1. The lowest BCUT2D eigenvalue weighted by Crippen LogP contribution is -2.66. The number of carboxylic acid groups (broad SMARTS) is 1. The highest BCUT2D eigenvalue weighted by Gasteiger charge is 2.71. The summed E-state index contributed by atoms with van der Waals surface area (Å²) < 4.78 is 6.18. The summed E-state index contributed by atoms with van der Waals surface area (Å²) in [6.45, 7) is 20.5. The zero-order chi connectivity index (χ0) is 41.2. The van der Waals surface area contributed by atoms with Crippen LogP contribution in [0.5, 0.6) is 0 Å². The van der Waals surface area contributed by atoms with Crippen LogP contribution in [0.1, 0.15) is 132 Å². The van der Waals surface area contributed by atoms with Gasteiger partial charge in [-0.25, -0.2) is 0 Å². The number of likely N-dealkylation sites (N-methyl/N-ethyl adjacent to an activating group) is 1. The van der Waals surface area contributed by atoms with Gasteiger partial charge in [0.25, 0.3) is 0 Å². The molecular formula is C47H70N2O7. The number of benzene rings is 1. The van der Waals surface area contributed by atoms with E-state index in [4.69, 9.17) is 4.74 Å². The molecule has 9 heteroatoms. The minimum Gasteiger partial charge on any atom is -0.481 e. The first kappa shape index (κ1) is 42.6. The Bertz CT molecular complexity index is 1730. The Morgan fingerprint density at radius 1 is 0.929 bits per heavy atom. The Hall–Kier alpha value is -3.04. The van der Waals surface area contributed by atoms with Gasteiger partial charge in [-0.3, -0.25) is 24.1 Å². The average Bonchev–Trinajstić information content (AvgIpc) is 3.43. The highest BCUT2D eigenvalue weighted by molar-refractivity contribution is 6.00. The molecule has 3 N–H and O–H groups in total. The summed E-state index contributed by atoms with van der Waals surface area (Å²) in [5.41, 5.74) is 1.10. The molecule has 0 unspecified atom stereocenters. The molecule has 6 rings (SSSR count). The van der Waals surface area contributed by atoms with Gasteiger partial charge in [-0.1, -0.05) is 84.4 Å². The molecule has 0 bridgehead atoms. The molecule has 0 saturated heterocycles. The SMILES string of the molecule is CNC(=O)CN(Cc1ccccc1)C[C@H](O)[C@@]12CC[C@]3(C)[C@H](CC[C@@H]4[C@@]5(C)CC[C@H](OC(=O)CC(C)(C)C(=O)O)C(C)(C)[C@@H]5CC[C@]43C)C1=C(C(C)C)C(=O)C2. The summed E-state index contributed by atoms with van der Waals surface area (Å²) >= 11 is 0. The largest absolute Gasteiger partial charge is 0.481 e. The van der Waals surface area contributed by atoms with E-state index in [1.54, 1.807) is 20.9 Å². The number of hydrogen-bond donors (Lipinski definition) is 3. The minimum absolute atomic E-state index is 0.00265. The van der Waals surface area contributed by atoms with Crippen LogP contribution in [0.25, 0.3) is 0 Å². The molecule has 0 radical (unpaired) electrons. The number of carbonyl (C=O) groups is 4. The first-order valence-corrected chi connectivity index (χ1v) is 21.4. The van der Waals surface area contributed by atoms with Gasteiger partial charge in [0, 0.05) is 37.4 Å². The second kappa shape index (κ2) is 15.0. The first-order valence-electron chi connectivity index (χ1n) is 21.4. The lowest BCUT2D eigenvalue weighted by molar-refractivity contribution is -0.235. The number of aliphatic hydroxyl groups excluding tert-OH is 1. The normalized spacial score (nSPS) is 35.6. The molecule has 9 atom stereocenters. The maximum Gasteiger partial charge on any atom is 0.309 e. The molecule has 5 aliphatic carbocycles. The number of Topliss-reactive ketones (excluding diaryl/α,β-unsaturated/α-hetero) is 1. The molecule has 0 heterocycles. The average molecular weight is 775 g/mol. The monoisotopic (exact) mass is 775 g/mol. The molecule has 0 spiro atoms. The molecule has 9 nitrogen and oxygen atoms in total. The fraction of sp³-hybridized carbons (Fsp3) is 0.745. The van der Waals surface area contributed by atoms with Gasteiger partial charge >= 0.3 is 11.9 Å². The number of nitrogens with zero attached hydrogens (tertiary/aromatic N) is 1. The Labute approximate surface area is 335 Å². The van der Waals surface area contributed by atoms with Crippen molar-refractivity contribution in [2.45, 2.75) is 145 Å². The Morgan fingerprint density at radius 3 is 2.23 bits per heavy atom. The number of hydrogen-bond acceptors (Lipinski definition) is 7. The van der Waals surface area contributed by atoms with Gasteiger partial charge in [0.1, 0.15) is 6.10 Å². The molecular weight excluding hydrogens is 705 g/mol. The van der Waals surface area contributed by atoms with Gasteiger partial charge in [-0.2, -0.15) is 0 Å². The second-order valence-electron chi connectivity index (χ2n) is 20.9. The molecule has 1 amide bonds. The Kier molecular flexibility index (Phi) is 11.4. The topological polar surface area (TPSA) is 133 Å². The number of carboxylic acids is 1. The van der Waals surface area contributed by atoms with Crippen LogP contribution in [0.2, 0.25) is 0 Å². The molecule has 4 fully saturated rings. The van der Waals surface area contributed by atoms with E-state index >= 15 is 0 Å². The van der Waals surface area contributed by atoms with Crippen LogP contribution < -0.4 is 5.32 Å². The fourth-order valence-corrected chi connectivity index (χ4v) is 13.6. The van der Waals surface area contributed by atoms with Crippen LogP contribution in [0.4, 0.5) is 0 Å². The summed E-state index contributed by atoms with van der Waals surface area (Å²) in [4.78, 5) is 54.0. The second-order valence-corrected chi connectivity index (χ2v) is 20.9. The number of amides is 1. The number of nitrogens with one attached hydrogen (secondary N) is 1. The van der Waals surface area contributed by atoms with Gasteiger partial charge < -0.3 is 20.3 Å². The van der Waals surface area contributed by atoms with Crippen molar-refractivity contribution in [2.75, 3.05) is 20.1 Å². The molecule has 1 aromatic rings. The zero-order valence-corrected chi connectivity index (χ0v) is 35.9. The van der Waals surface area contributed by atoms with Crippen molar-refractivity contribution in [3.63, 3.8) is 0 Å². The maximum absolute atomic E-state index is 14.2. The van der Waals surface area contributed by atoms with Crippen molar-refractivity contribution in [2.24, 2.45) is 56.2 Å². The van der Waals surface area contributed by atoms with Crippen molar-refractivity contribution >= 4 is 23.6 Å². The van der Waals surface area contributed by atoms with Crippen molar-refractivity contribution in [1.29, 1.82) is 0 Å². The van der Waals surface area contributed by atoms with E-state index in [1.165, 1.54) is 5.57 Å². The number of fused-ring (bicyclic) bond motifs is 7. The van der Waals surface area contributed by atoms with E-state index in [2.05, 4.69) is 53.8 Å². The number of aliphatic hydroxyl groups is 1. The molecule has 4 saturated carbocycles. The molecule has 0 aromatic heterocycles. The summed E-state index contributed by atoms with van der Waals surface area (Å²) in [7, 11) is 1.64. The third kappa shape index (κ3) is 6.88. The van der Waals surface area contributed by atoms with Gasteiger partial charge in [0.15, 0.2) is 5.78 Å². The summed E-state index contributed by atoms with van der Waals surface area (Å²) in [5.74, 6) is -0.328. The van der Waals surface area contributed by atoms with E-state index in [1.807, 2.05) is 35.2 Å².